The Kier molecular flexibility index (Phi) is 4.40. The molecule has 17 heavy (non-hydrogen) atoms. The SMILES string of the molecule is CCNC(CCN1CC2CCC1C2)C(=O)OC. The van der Waals surface area contributed by atoms with Gasteiger partial charge in [-0.2, -0.15) is 0 Å². The predicted molar refractivity (Wildman–Crippen MR) is 66.8 cm³/mol. The Labute approximate surface area is 104 Å². The van der Waals surface area contributed by atoms with Crippen molar-refractivity contribution in [1.29, 1.82) is 0 Å². The van der Waals surface area contributed by atoms with Crippen LogP contribution in [-0.4, -0.2) is 49.7 Å². The summed E-state index contributed by atoms with van der Waals surface area (Å²) in [6.45, 7) is 5.10. The number of likely N-dealkylation sites (N-methyl/N-ethyl adjacent to an activating group) is 1. The predicted octanol–water partition coefficient (Wildman–Crippen LogP) is 1.01. The first-order valence-electron chi connectivity index (χ1n) is 6.79. The third kappa shape index (κ3) is 2.99. The van der Waals surface area contributed by atoms with Crippen LogP contribution in [0.2, 0.25) is 0 Å². The molecule has 2 bridgehead atoms. The second kappa shape index (κ2) is 5.83. The lowest BCUT2D eigenvalue weighted by molar-refractivity contribution is -0.143. The minimum atomic E-state index is -0.135. The molecule has 1 heterocycles. The monoisotopic (exact) mass is 240 g/mol. The normalized spacial score (nSPS) is 29.5. The lowest BCUT2D eigenvalue weighted by Crippen LogP contribution is -2.42. The fourth-order valence-electron chi connectivity index (χ4n) is 3.29. The van der Waals surface area contributed by atoms with Crippen LogP contribution in [0.15, 0.2) is 0 Å². The van der Waals surface area contributed by atoms with Crippen LogP contribution < -0.4 is 5.32 Å². The zero-order valence-corrected chi connectivity index (χ0v) is 10.9. The quantitative estimate of drug-likeness (QED) is 0.704. The number of carbonyl (C=O) groups is 1. The van der Waals surface area contributed by atoms with Gasteiger partial charge in [0.2, 0.25) is 0 Å². The van der Waals surface area contributed by atoms with Crippen LogP contribution in [0.1, 0.15) is 32.6 Å². The van der Waals surface area contributed by atoms with Gasteiger partial charge in [-0.3, -0.25) is 4.79 Å². The van der Waals surface area contributed by atoms with Crippen molar-refractivity contribution in [2.24, 2.45) is 5.92 Å². The summed E-state index contributed by atoms with van der Waals surface area (Å²) in [7, 11) is 1.46. The fourth-order valence-corrected chi connectivity index (χ4v) is 3.29. The molecule has 3 unspecified atom stereocenters. The van der Waals surface area contributed by atoms with E-state index in [2.05, 4.69) is 10.2 Å². The smallest absolute Gasteiger partial charge is 0.322 e. The van der Waals surface area contributed by atoms with Gasteiger partial charge in [0.1, 0.15) is 6.04 Å². The van der Waals surface area contributed by atoms with E-state index in [0.717, 1.165) is 31.5 Å². The van der Waals surface area contributed by atoms with Crippen molar-refractivity contribution in [2.45, 2.75) is 44.7 Å². The number of esters is 1. The highest BCUT2D eigenvalue weighted by Crippen LogP contribution is 2.37. The van der Waals surface area contributed by atoms with Gasteiger partial charge in [-0.15, -0.1) is 0 Å². The molecule has 1 N–H and O–H groups in total. The summed E-state index contributed by atoms with van der Waals surface area (Å²) in [6.07, 6.45) is 5.01. The van der Waals surface area contributed by atoms with Crippen molar-refractivity contribution in [2.75, 3.05) is 26.7 Å². The minimum Gasteiger partial charge on any atom is -0.468 e. The van der Waals surface area contributed by atoms with Gasteiger partial charge in [-0.1, -0.05) is 6.92 Å². The Hall–Kier alpha value is -0.610. The van der Waals surface area contributed by atoms with Crippen LogP contribution in [0.5, 0.6) is 0 Å². The molecule has 0 aromatic carbocycles. The molecule has 0 amide bonds. The Bertz CT molecular complexity index is 270. The van der Waals surface area contributed by atoms with Crippen LogP contribution in [0.4, 0.5) is 0 Å². The number of nitrogens with one attached hydrogen (secondary N) is 1. The van der Waals surface area contributed by atoms with E-state index in [4.69, 9.17) is 4.74 Å². The van der Waals surface area contributed by atoms with Gasteiger partial charge in [0, 0.05) is 19.1 Å². The molecule has 0 aromatic rings. The summed E-state index contributed by atoms with van der Waals surface area (Å²) in [4.78, 5) is 14.1. The fraction of sp³-hybridized carbons (Fsp3) is 0.923. The summed E-state index contributed by atoms with van der Waals surface area (Å²) in [6, 6.07) is 0.657. The number of ether oxygens (including phenoxy) is 1. The number of hydrogen-bond donors (Lipinski definition) is 1. The number of rotatable bonds is 6. The summed E-state index contributed by atoms with van der Waals surface area (Å²) in [5.74, 6) is 0.798. The highest BCUT2D eigenvalue weighted by Gasteiger charge is 2.37. The molecule has 0 spiro atoms. The number of fused-ring (bicyclic) bond motifs is 2. The first-order valence-corrected chi connectivity index (χ1v) is 6.79. The van der Waals surface area contributed by atoms with E-state index >= 15 is 0 Å². The lowest BCUT2D eigenvalue weighted by atomic mass is 10.1. The van der Waals surface area contributed by atoms with Crippen molar-refractivity contribution in [3.8, 4) is 0 Å². The highest BCUT2D eigenvalue weighted by atomic mass is 16.5. The van der Waals surface area contributed by atoms with E-state index in [1.165, 1.54) is 32.9 Å². The molecular formula is C13H24N2O2. The first kappa shape index (κ1) is 12.8. The number of likely N-dealkylation sites (tertiary alicyclic amines) is 1. The van der Waals surface area contributed by atoms with Crippen molar-refractivity contribution in [3.05, 3.63) is 0 Å². The zero-order valence-electron chi connectivity index (χ0n) is 10.9. The number of nitrogens with zero attached hydrogens (tertiary/aromatic N) is 1. The molecule has 4 heteroatoms. The molecule has 2 rings (SSSR count). The van der Waals surface area contributed by atoms with Gasteiger partial charge in [-0.25, -0.2) is 0 Å². The molecule has 3 atom stereocenters. The minimum absolute atomic E-state index is 0.129. The largest absolute Gasteiger partial charge is 0.468 e. The average molecular weight is 240 g/mol. The van der Waals surface area contributed by atoms with Crippen LogP contribution in [-0.2, 0) is 9.53 Å². The van der Waals surface area contributed by atoms with Crippen molar-refractivity contribution >= 4 is 5.97 Å². The molecule has 0 aromatic heterocycles. The van der Waals surface area contributed by atoms with Gasteiger partial charge in [0.25, 0.3) is 0 Å². The maximum absolute atomic E-state index is 11.6. The van der Waals surface area contributed by atoms with Gasteiger partial charge >= 0.3 is 5.97 Å². The molecule has 1 saturated heterocycles. The van der Waals surface area contributed by atoms with E-state index in [1.54, 1.807) is 0 Å². The summed E-state index contributed by atoms with van der Waals surface area (Å²) >= 11 is 0. The second-order valence-corrected chi connectivity index (χ2v) is 5.25. The molecule has 1 aliphatic carbocycles. The third-order valence-electron chi connectivity index (χ3n) is 4.16. The Morgan fingerprint density at radius 1 is 1.53 bits per heavy atom. The van der Waals surface area contributed by atoms with E-state index in [0.29, 0.717) is 0 Å². The number of piperidine rings is 1. The maximum atomic E-state index is 11.6. The van der Waals surface area contributed by atoms with Gasteiger partial charge in [0.05, 0.1) is 7.11 Å². The molecule has 1 aliphatic heterocycles. The topological polar surface area (TPSA) is 41.6 Å². The molecule has 98 valence electrons. The Morgan fingerprint density at radius 3 is 2.88 bits per heavy atom. The molecule has 0 radical (unpaired) electrons. The zero-order chi connectivity index (χ0) is 12.3. The Balaban J connectivity index is 1.77. The van der Waals surface area contributed by atoms with Crippen LogP contribution in [0.3, 0.4) is 0 Å². The van der Waals surface area contributed by atoms with Crippen molar-refractivity contribution in [1.82, 2.24) is 10.2 Å². The van der Waals surface area contributed by atoms with Crippen molar-refractivity contribution < 1.29 is 9.53 Å². The molecular weight excluding hydrogens is 216 g/mol. The number of hydrogen-bond acceptors (Lipinski definition) is 4. The average Bonchev–Trinajstić information content (AvgIpc) is 2.95. The molecule has 1 saturated carbocycles. The first-order chi connectivity index (χ1) is 8.24. The number of carbonyl (C=O) groups excluding carboxylic acids is 1. The number of methoxy groups -OCH3 is 1. The van der Waals surface area contributed by atoms with Gasteiger partial charge in [0.15, 0.2) is 0 Å². The molecule has 4 nitrogen and oxygen atoms in total. The van der Waals surface area contributed by atoms with E-state index < -0.39 is 0 Å². The second-order valence-electron chi connectivity index (χ2n) is 5.25. The summed E-state index contributed by atoms with van der Waals surface area (Å²) in [5, 5.41) is 3.20. The van der Waals surface area contributed by atoms with Crippen LogP contribution >= 0.6 is 0 Å². The van der Waals surface area contributed by atoms with E-state index in [1.807, 2.05) is 6.92 Å². The highest BCUT2D eigenvalue weighted by molar-refractivity contribution is 5.75. The van der Waals surface area contributed by atoms with Crippen molar-refractivity contribution in [3.63, 3.8) is 0 Å². The lowest BCUT2D eigenvalue weighted by Gasteiger charge is -2.28. The third-order valence-corrected chi connectivity index (χ3v) is 4.16. The van der Waals surface area contributed by atoms with Gasteiger partial charge in [-0.05, 0) is 38.1 Å². The Morgan fingerprint density at radius 2 is 2.35 bits per heavy atom. The van der Waals surface area contributed by atoms with Gasteiger partial charge < -0.3 is 15.0 Å². The summed E-state index contributed by atoms with van der Waals surface area (Å²) < 4.78 is 4.82. The van der Waals surface area contributed by atoms with E-state index in [-0.39, 0.29) is 12.0 Å². The van der Waals surface area contributed by atoms with Crippen LogP contribution in [0.25, 0.3) is 0 Å². The molecule has 2 fully saturated rings. The van der Waals surface area contributed by atoms with Crippen LogP contribution in [0, 0.1) is 5.92 Å². The molecule has 2 aliphatic rings. The standard InChI is InChI=1S/C13H24N2O2/c1-3-14-12(13(16)17-2)6-7-15-9-10-4-5-11(15)8-10/h10-12,14H,3-9H2,1-2H3. The summed E-state index contributed by atoms with van der Waals surface area (Å²) in [5.41, 5.74) is 0. The van der Waals surface area contributed by atoms with E-state index in [9.17, 15) is 4.79 Å². The maximum Gasteiger partial charge on any atom is 0.322 e.